The van der Waals surface area contributed by atoms with E-state index in [1.54, 1.807) is 11.3 Å². The van der Waals surface area contributed by atoms with Gasteiger partial charge in [0.05, 0.1) is 12.2 Å². The third kappa shape index (κ3) is 6.47. The van der Waals surface area contributed by atoms with Gasteiger partial charge in [-0.3, -0.25) is 4.90 Å². The van der Waals surface area contributed by atoms with Gasteiger partial charge in [0, 0.05) is 48.6 Å². The summed E-state index contributed by atoms with van der Waals surface area (Å²) in [5.74, 6) is 3.96. The SMILES string of the molecule is CCNC(=NCc1nc(C(C)C)cs1)NCC1(N2CCSCC2)CCCC1.I. The van der Waals surface area contributed by atoms with E-state index in [1.165, 1.54) is 56.0 Å². The van der Waals surface area contributed by atoms with Crippen LogP contribution in [-0.4, -0.2) is 59.1 Å². The number of halogens is 1. The van der Waals surface area contributed by atoms with Crippen LogP contribution in [0, 0.1) is 0 Å². The van der Waals surface area contributed by atoms with Crippen LogP contribution in [-0.2, 0) is 6.54 Å². The minimum atomic E-state index is 0. The molecule has 1 saturated carbocycles. The summed E-state index contributed by atoms with van der Waals surface area (Å²) in [7, 11) is 0. The number of nitrogens with one attached hydrogen (secondary N) is 2. The molecule has 3 rings (SSSR count). The van der Waals surface area contributed by atoms with Gasteiger partial charge in [-0.15, -0.1) is 35.3 Å². The highest BCUT2D eigenvalue weighted by molar-refractivity contribution is 14.0. The van der Waals surface area contributed by atoms with Crippen molar-refractivity contribution in [2.75, 3.05) is 37.7 Å². The Morgan fingerprint density at radius 2 is 1.96 bits per heavy atom. The molecule has 0 radical (unpaired) electrons. The molecule has 0 amide bonds. The first-order valence-corrected chi connectivity index (χ1v) is 12.5. The number of thiazole rings is 1. The lowest BCUT2D eigenvalue weighted by Crippen LogP contribution is -2.57. The van der Waals surface area contributed by atoms with E-state index >= 15 is 0 Å². The molecule has 2 heterocycles. The van der Waals surface area contributed by atoms with Crippen molar-refractivity contribution < 1.29 is 0 Å². The van der Waals surface area contributed by atoms with Gasteiger partial charge in [0.25, 0.3) is 0 Å². The zero-order chi connectivity index (χ0) is 19.1. The van der Waals surface area contributed by atoms with Crippen LogP contribution in [0.5, 0.6) is 0 Å². The molecular weight excluding hydrogens is 501 g/mol. The zero-order valence-electron chi connectivity index (χ0n) is 17.5. The smallest absolute Gasteiger partial charge is 0.191 e. The molecule has 5 nitrogen and oxygen atoms in total. The van der Waals surface area contributed by atoms with E-state index in [1.807, 2.05) is 0 Å². The molecular formula is C20H36IN5S2. The Bertz CT molecular complexity index is 607. The van der Waals surface area contributed by atoms with Crippen molar-refractivity contribution in [3.63, 3.8) is 0 Å². The highest BCUT2D eigenvalue weighted by atomic mass is 127. The molecule has 28 heavy (non-hydrogen) atoms. The largest absolute Gasteiger partial charge is 0.357 e. The van der Waals surface area contributed by atoms with Crippen molar-refractivity contribution in [1.82, 2.24) is 20.5 Å². The summed E-state index contributed by atoms with van der Waals surface area (Å²) in [4.78, 5) is 12.3. The Balaban J connectivity index is 0.00000280. The summed E-state index contributed by atoms with van der Waals surface area (Å²) < 4.78 is 0. The molecule has 0 unspecified atom stereocenters. The molecule has 0 atom stereocenters. The second-order valence-corrected chi connectivity index (χ2v) is 10.1. The highest BCUT2D eigenvalue weighted by Gasteiger charge is 2.39. The summed E-state index contributed by atoms with van der Waals surface area (Å²) in [6.07, 6.45) is 5.34. The molecule has 1 saturated heterocycles. The van der Waals surface area contributed by atoms with Gasteiger partial charge in [0.1, 0.15) is 5.01 Å². The van der Waals surface area contributed by atoms with E-state index in [2.05, 4.69) is 53.4 Å². The third-order valence-electron chi connectivity index (χ3n) is 5.68. The number of aromatic nitrogens is 1. The lowest BCUT2D eigenvalue weighted by molar-refractivity contribution is 0.107. The van der Waals surface area contributed by atoms with E-state index in [0.29, 0.717) is 18.0 Å². The number of guanidine groups is 1. The standard InChI is InChI=1S/C20H35N5S2.HI/c1-4-21-19(22-13-18-24-17(14-27-18)16(2)3)23-15-20(7-5-6-8-20)25-9-11-26-12-10-25;/h14,16H,4-13,15H2,1-3H3,(H2,21,22,23);1H. The van der Waals surface area contributed by atoms with Gasteiger partial charge in [0.2, 0.25) is 0 Å². The first-order valence-electron chi connectivity index (χ1n) is 10.4. The van der Waals surface area contributed by atoms with E-state index < -0.39 is 0 Å². The highest BCUT2D eigenvalue weighted by Crippen LogP contribution is 2.36. The van der Waals surface area contributed by atoms with Crippen LogP contribution in [0.2, 0.25) is 0 Å². The summed E-state index contributed by atoms with van der Waals surface area (Å²) in [6, 6.07) is 0. The molecule has 2 fully saturated rings. The molecule has 0 spiro atoms. The average Bonchev–Trinajstić information content (AvgIpc) is 3.35. The van der Waals surface area contributed by atoms with Crippen molar-refractivity contribution in [3.05, 3.63) is 16.1 Å². The number of nitrogens with zero attached hydrogens (tertiary/aromatic N) is 3. The lowest BCUT2D eigenvalue weighted by Gasteiger charge is -2.43. The van der Waals surface area contributed by atoms with Crippen LogP contribution in [0.3, 0.4) is 0 Å². The van der Waals surface area contributed by atoms with Crippen LogP contribution in [0.25, 0.3) is 0 Å². The molecule has 2 aliphatic rings. The molecule has 1 aromatic rings. The zero-order valence-corrected chi connectivity index (χ0v) is 21.5. The lowest BCUT2D eigenvalue weighted by atomic mass is 9.94. The monoisotopic (exact) mass is 537 g/mol. The summed E-state index contributed by atoms with van der Waals surface area (Å²) >= 11 is 3.81. The van der Waals surface area contributed by atoms with Crippen molar-refractivity contribution in [1.29, 1.82) is 0 Å². The maximum Gasteiger partial charge on any atom is 0.191 e. The van der Waals surface area contributed by atoms with Crippen LogP contribution in [0.15, 0.2) is 10.4 Å². The fourth-order valence-electron chi connectivity index (χ4n) is 4.08. The average molecular weight is 538 g/mol. The molecule has 0 aromatic carbocycles. The Morgan fingerprint density at radius 3 is 2.57 bits per heavy atom. The second kappa shape index (κ2) is 12.0. The maximum atomic E-state index is 4.81. The fraction of sp³-hybridized carbons (Fsp3) is 0.800. The summed E-state index contributed by atoms with van der Waals surface area (Å²) in [5.41, 5.74) is 1.50. The molecule has 8 heteroatoms. The summed E-state index contributed by atoms with van der Waals surface area (Å²) in [6.45, 7) is 11.5. The van der Waals surface area contributed by atoms with Gasteiger partial charge in [-0.1, -0.05) is 26.7 Å². The molecule has 1 aliphatic carbocycles. The number of hydrogen-bond donors (Lipinski definition) is 2. The van der Waals surface area contributed by atoms with Crippen molar-refractivity contribution in [2.45, 2.75) is 64.5 Å². The van der Waals surface area contributed by atoms with Gasteiger partial charge in [0.15, 0.2) is 5.96 Å². The molecule has 0 bridgehead atoms. The third-order valence-corrected chi connectivity index (χ3v) is 7.47. The van der Waals surface area contributed by atoms with E-state index in [9.17, 15) is 0 Å². The minimum absolute atomic E-state index is 0. The molecule has 160 valence electrons. The Kier molecular flexibility index (Phi) is 10.3. The first kappa shape index (κ1) is 24.2. The van der Waals surface area contributed by atoms with Crippen LogP contribution in [0.1, 0.15) is 63.1 Å². The minimum Gasteiger partial charge on any atom is -0.357 e. The fourth-order valence-corrected chi connectivity index (χ4v) is 5.86. The predicted molar refractivity (Wildman–Crippen MR) is 135 cm³/mol. The van der Waals surface area contributed by atoms with Gasteiger partial charge in [-0.25, -0.2) is 9.98 Å². The van der Waals surface area contributed by atoms with Crippen molar-refractivity contribution >= 4 is 53.0 Å². The number of thioether (sulfide) groups is 1. The van der Waals surface area contributed by atoms with Crippen LogP contribution in [0.4, 0.5) is 0 Å². The van der Waals surface area contributed by atoms with Crippen LogP contribution < -0.4 is 10.6 Å². The number of hydrogen-bond acceptors (Lipinski definition) is 5. The van der Waals surface area contributed by atoms with Crippen molar-refractivity contribution in [3.8, 4) is 0 Å². The summed E-state index contributed by atoms with van der Waals surface area (Å²) in [5, 5.41) is 10.3. The van der Waals surface area contributed by atoms with Gasteiger partial charge in [-0.05, 0) is 25.7 Å². The molecule has 2 N–H and O–H groups in total. The maximum absolute atomic E-state index is 4.81. The quantitative estimate of drug-likeness (QED) is 0.309. The topological polar surface area (TPSA) is 52.6 Å². The van der Waals surface area contributed by atoms with E-state index in [0.717, 1.165) is 24.1 Å². The number of rotatable bonds is 7. The Labute approximate surface area is 196 Å². The molecule has 1 aliphatic heterocycles. The predicted octanol–water partition coefficient (Wildman–Crippen LogP) is 4.30. The first-order chi connectivity index (χ1) is 13.1. The second-order valence-electron chi connectivity index (χ2n) is 7.90. The Morgan fingerprint density at radius 1 is 1.25 bits per heavy atom. The number of aliphatic imine (C=N–C) groups is 1. The van der Waals surface area contributed by atoms with Gasteiger partial charge >= 0.3 is 0 Å². The van der Waals surface area contributed by atoms with Crippen molar-refractivity contribution in [2.24, 2.45) is 4.99 Å². The Hall–Kier alpha value is -0.0600. The normalized spacial score (nSPS) is 20.2. The van der Waals surface area contributed by atoms with Gasteiger partial charge in [-0.2, -0.15) is 11.8 Å². The van der Waals surface area contributed by atoms with E-state index in [4.69, 9.17) is 9.98 Å². The van der Waals surface area contributed by atoms with Gasteiger partial charge < -0.3 is 10.6 Å². The van der Waals surface area contributed by atoms with Crippen LogP contribution >= 0.6 is 47.1 Å². The van der Waals surface area contributed by atoms with E-state index in [-0.39, 0.29) is 24.0 Å². The molecule has 1 aromatic heterocycles.